The Labute approximate surface area is 105 Å². The van der Waals surface area contributed by atoms with Gasteiger partial charge in [0.1, 0.15) is 5.69 Å². The summed E-state index contributed by atoms with van der Waals surface area (Å²) in [5, 5.41) is 12.7. The lowest BCUT2D eigenvalue weighted by Crippen LogP contribution is -2.18. The van der Waals surface area contributed by atoms with E-state index in [9.17, 15) is 9.59 Å². The highest BCUT2D eigenvalue weighted by atomic mass is 79.9. The first-order chi connectivity index (χ1) is 8.11. The number of carbonyl (C=O) groups excluding carboxylic acids is 1. The van der Waals surface area contributed by atoms with Crippen LogP contribution < -0.4 is 0 Å². The zero-order valence-electron chi connectivity index (χ0n) is 8.50. The van der Waals surface area contributed by atoms with Crippen molar-refractivity contribution in [3.05, 3.63) is 46.7 Å². The smallest absolute Gasteiger partial charge is 0.378 e. The van der Waals surface area contributed by atoms with Gasteiger partial charge in [-0.15, -0.1) is 0 Å². The van der Waals surface area contributed by atoms with Crippen molar-refractivity contribution in [3.63, 3.8) is 0 Å². The molecule has 0 saturated carbocycles. The molecule has 86 valence electrons. The summed E-state index contributed by atoms with van der Waals surface area (Å²) in [5.41, 5.74) is 0.631. The standard InChI is InChI=1S/C11H7BrN2O3/c12-8-6-13-14(7-4-2-1-3-5-7)9(8)10(15)11(16)17/h1-6H,(H,16,17). The van der Waals surface area contributed by atoms with Crippen LogP contribution in [0.2, 0.25) is 0 Å². The first-order valence-corrected chi connectivity index (χ1v) is 5.47. The van der Waals surface area contributed by atoms with Crippen molar-refractivity contribution in [2.75, 3.05) is 0 Å². The van der Waals surface area contributed by atoms with Crippen LogP contribution in [0.1, 0.15) is 10.5 Å². The SMILES string of the molecule is O=C(O)C(=O)c1c(Br)cnn1-c1ccccc1. The van der Waals surface area contributed by atoms with Crippen LogP contribution in [0.5, 0.6) is 0 Å². The molecular formula is C11H7BrN2O3. The number of aliphatic carboxylic acids is 1. The lowest BCUT2D eigenvalue weighted by atomic mass is 10.2. The van der Waals surface area contributed by atoms with Gasteiger partial charge in [-0.3, -0.25) is 4.79 Å². The fourth-order valence-electron chi connectivity index (χ4n) is 1.40. The molecule has 5 nitrogen and oxygen atoms in total. The molecule has 0 bridgehead atoms. The maximum absolute atomic E-state index is 11.5. The van der Waals surface area contributed by atoms with Gasteiger partial charge in [-0.2, -0.15) is 5.10 Å². The number of para-hydroxylation sites is 1. The molecule has 2 rings (SSSR count). The number of carboxylic acid groups (broad SMARTS) is 1. The van der Waals surface area contributed by atoms with Crippen LogP contribution in [-0.2, 0) is 4.79 Å². The molecule has 1 heterocycles. The summed E-state index contributed by atoms with van der Waals surface area (Å²) in [4.78, 5) is 22.3. The summed E-state index contributed by atoms with van der Waals surface area (Å²) < 4.78 is 1.65. The van der Waals surface area contributed by atoms with Crippen LogP contribution in [0.25, 0.3) is 5.69 Å². The molecule has 1 N–H and O–H groups in total. The van der Waals surface area contributed by atoms with Gasteiger partial charge in [0.15, 0.2) is 0 Å². The van der Waals surface area contributed by atoms with Crippen molar-refractivity contribution < 1.29 is 14.7 Å². The largest absolute Gasteiger partial charge is 0.475 e. The van der Waals surface area contributed by atoms with Crippen molar-refractivity contribution in [2.45, 2.75) is 0 Å². The molecule has 17 heavy (non-hydrogen) atoms. The summed E-state index contributed by atoms with van der Waals surface area (Å²) >= 11 is 3.12. The number of halogens is 1. The minimum Gasteiger partial charge on any atom is -0.475 e. The molecule has 0 unspecified atom stereocenters. The van der Waals surface area contributed by atoms with Crippen molar-refractivity contribution in [1.29, 1.82) is 0 Å². The van der Waals surface area contributed by atoms with E-state index >= 15 is 0 Å². The minimum absolute atomic E-state index is 0.00343. The van der Waals surface area contributed by atoms with Crippen LogP contribution >= 0.6 is 15.9 Å². The van der Waals surface area contributed by atoms with E-state index in [4.69, 9.17) is 5.11 Å². The number of benzene rings is 1. The quantitative estimate of drug-likeness (QED) is 0.693. The molecular weight excluding hydrogens is 288 g/mol. The van der Waals surface area contributed by atoms with Gasteiger partial charge >= 0.3 is 5.97 Å². The van der Waals surface area contributed by atoms with Crippen molar-refractivity contribution in [3.8, 4) is 5.69 Å². The van der Waals surface area contributed by atoms with E-state index < -0.39 is 11.8 Å². The molecule has 0 aliphatic carbocycles. The molecule has 6 heteroatoms. The average Bonchev–Trinajstić information content (AvgIpc) is 2.71. The number of Topliss-reactive ketones (excluding diaryl/α,β-unsaturated/α-hetero) is 1. The summed E-state index contributed by atoms with van der Waals surface area (Å²) in [6, 6.07) is 8.84. The lowest BCUT2D eigenvalue weighted by Gasteiger charge is -2.04. The predicted molar refractivity (Wildman–Crippen MR) is 63.2 cm³/mol. The van der Waals surface area contributed by atoms with Gasteiger partial charge in [0.2, 0.25) is 0 Å². The van der Waals surface area contributed by atoms with E-state index in [0.29, 0.717) is 10.2 Å². The number of rotatable bonds is 3. The fourth-order valence-corrected chi connectivity index (χ4v) is 1.84. The van der Waals surface area contributed by atoms with Crippen molar-refractivity contribution >= 4 is 27.7 Å². The van der Waals surface area contributed by atoms with Gasteiger partial charge in [-0.25, -0.2) is 9.48 Å². The van der Waals surface area contributed by atoms with Gasteiger partial charge in [-0.1, -0.05) is 18.2 Å². The molecule has 1 aromatic heterocycles. The summed E-state index contributed by atoms with van der Waals surface area (Å²) in [6.45, 7) is 0. The summed E-state index contributed by atoms with van der Waals surface area (Å²) in [7, 11) is 0. The predicted octanol–water partition coefficient (Wildman–Crippen LogP) is 1.90. The van der Waals surface area contributed by atoms with E-state index in [2.05, 4.69) is 21.0 Å². The highest BCUT2D eigenvalue weighted by Crippen LogP contribution is 2.20. The van der Waals surface area contributed by atoms with E-state index in [1.807, 2.05) is 6.07 Å². The van der Waals surface area contributed by atoms with Gasteiger partial charge in [0, 0.05) is 0 Å². The Morgan fingerprint density at radius 1 is 1.24 bits per heavy atom. The molecule has 0 aliphatic rings. The minimum atomic E-state index is -1.51. The third-order valence-corrected chi connectivity index (χ3v) is 2.71. The Morgan fingerprint density at radius 2 is 1.88 bits per heavy atom. The number of carboxylic acids is 1. The monoisotopic (exact) mass is 294 g/mol. The second-order valence-corrected chi connectivity index (χ2v) is 4.08. The van der Waals surface area contributed by atoms with E-state index in [1.165, 1.54) is 10.9 Å². The maximum atomic E-state index is 11.5. The summed E-state index contributed by atoms with van der Waals surface area (Å²) in [6.07, 6.45) is 1.39. The van der Waals surface area contributed by atoms with Crippen LogP contribution in [0.3, 0.4) is 0 Å². The van der Waals surface area contributed by atoms with Gasteiger partial charge in [-0.05, 0) is 28.1 Å². The van der Waals surface area contributed by atoms with Gasteiger partial charge < -0.3 is 5.11 Å². The second kappa shape index (κ2) is 4.50. The molecule has 0 radical (unpaired) electrons. The number of ketones is 1. The van der Waals surface area contributed by atoms with E-state index in [-0.39, 0.29) is 5.69 Å². The van der Waals surface area contributed by atoms with Crippen LogP contribution in [0, 0.1) is 0 Å². The number of carbonyl (C=O) groups is 2. The molecule has 0 spiro atoms. The van der Waals surface area contributed by atoms with Gasteiger partial charge in [0.25, 0.3) is 5.78 Å². The molecule has 0 aliphatic heterocycles. The Balaban J connectivity index is 2.58. The zero-order chi connectivity index (χ0) is 12.4. The van der Waals surface area contributed by atoms with Gasteiger partial charge in [0.05, 0.1) is 16.4 Å². The molecule has 0 fully saturated rings. The second-order valence-electron chi connectivity index (χ2n) is 3.22. The lowest BCUT2D eigenvalue weighted by molar-refractivity contribution is -0.131. The number of aromatic nitrogens is 2. The number of hydrogen-bond acceptors (Lipinski definition) is 3. The van der Waals surface area contributed by atoms with Crippen LogP contribution in [0.4, 0.5) is 0 Å². The molecule has 0 amide bonds. The highest BCUT2D eigenvalue weighted by Gasteiger charge is 2.23. The Bertz CT molecular complexity index is 578. The van der Waals surface area contributed by atoms with Crippen LogP contribution in [-0.4, -0.2) is 26.6 Å². The Kier molecular flexibility index (Phi) is 3.06. The maximum Gasteiger partial charge on any atom is 0.378 e. The molecule has 2 aromatic rings. The first kappa shape index (κ1) is 11.5. The number of nitrogens with zero attached hydrogens (tertiary/aromatic N) is 2. The van der Waals surface area contributed by atoms with Crippen molar-refractivity contribution in [1.82, 2.24) is 9.78 Å². The first-order valence-electron chi connectivity index (χ1n) is 4.68. The van der Waals surface area contributed by atoms with Crippen LogP contribution in [0.15, 0.2) is 41.0 Å². The fraction of sp³-hybridized carbons (Fsp3) is 0. The Morgan fingerprint density at radius 3 is 2.47 bits per heavy atom. The summed E-state index contributed by atoms with van der Waals surface area (Å²) in [5.74, 6) is -2.51. The highest BCUT2D eigenvalue weighted by molar-refractivity contribution is 9.10. The third-order valence-electron chi connectivity index (χ3n) is 2.13. The third kappa shape index (κ3) is 2.12. The molecule has 0 atom stereocenters. The van der Waals surface area contributed by atoms with E-state index in [1.54, 1.807) is 24.3 Å². The van der Waals surface area contributed by atoms with Crippen molar-refractivity contribution in [2.24, 2.45) is 0 Å². The Hall–Kier alpha value is -1.95. The van der Waals surface area contributed by atoms with E-state index in [0.717, 1.165) is 0 Å². The average molecular weight is 295 g/mol. The zero-order valence-corrected chi connectivity index (χ0v) is 10.1. The number of hydrogen-bond donors (Lipinski definition) is 1. The molecule has 0 saturated heterocycles. The topological polar surface area (TPSA) is 72.2 Å². The molecule has 1 aromatic carbocycles. The normalized spacial score (nSPS) is 10.2.